The summed E-state index contributed by atoms with van der Waals surface area (Å²) in [7, 11) is 0.667. The van der Waals surface area contributed by atoms with E-state index in [1.807, 2.05) is 6.92 Å². The second-order valence-electron chi connectivity index (χ2n) is 1.47. The Morgan fingerprint density at radius 1 is 2.00 bits per heavy atom. The minimum absolute atomic E-state index is 0.156. The van der Waals surface area contributed by atoms with Gasteiger partial charge in [0, 0.05) is 0 Å². The molecule has 0 bridgehead atoms. The number of thiol groups is 1. The van der Waals surface area contributed by atoms with Gasteiger partial charge in [0.05, 0.1) is 0 Å². The summed E-state index contributed by atoms with van der Waals surface area (Å²) in [4.78, 5) is 3.79. The second-order valence-corrected chi connectivity index (χ2v) is 1.83. The zero-order valence-corrected chi connectivity index (χ0v) is 5.64. The molecule has 2 nitrogen and oxygen atoms in total. The standard InChI is InChI=1S/C4H8BNOS/c1-4(2-8)6-3-5-7/h3-4,8H,2H2,1H3. The third kappa shape index (κ3) is 4.05. The van der Waals surface area contributed by atoms with Crippen LogP contribution in [-0.4, -0.2) is 25.1 Å². The van der Waals surface area contributed by atoms with Crippen molar-refractivity contribution < 1.29 is 4.70 Å². The molecule has 0 aliphatic carbocycles. The van der Waals surface area contributed by atoms with Crippen LogP contribution in [-0.2, 0) is 4.70 Å². The monoisotopic (exact) mass is 129 g/mol. The van der Waals surface area contributed by atoms with Gasteiger partial charge in [-0.05, 0) is 0 Å². The van der Waals surface area contributed by atoms with Crippen LogP contribution >= 0.6 is 12.6 Å². The zero-order chi connectivity index (χ0) is 6.41. The fraction of sp³-hybridized carbons (Fsp3) is 0.750. The molecule has 0 N–H and O–H groups in total. The van der Waals surface area contributed by atoms with Gasteiger partial charge in [-0.2, -0.15) is 0 Å². The minimum atomic E-state index is 0.156. The van der Waals surface area contributed by atoms with Gasteiger partial charge in [-0.1, -0.05) is 0 Å². The number of nitrogens with zero attached hydrogens (tertiary/aromatic N) is 1. The van der Waals surface area contributed by atoms with Crippen LogP contribution in [0.15, 0.2) is 4.99 Å². The first-order valence-corrected chi connectivity index (χ1v) is 3.02. The van der Waals surface area contributed by atoms with E-state index in [2.05, 4.69) is 17.6 Å². The third-order valence-corrected chi connectivity index (χ3v) is 1.19. The Hall–Kier alpha value is -0.115. The number of hydrogen-bond acceptors (Lipinski definition) is 3. The topological polar surface area (TPSA) is 29.4 Å². The average molecular weight is 129 g/mol. The van der Waals surface area contributed by atoms with Crippen molar-refractivity contribution >= 4 is 25.9 Å². The molecule has 0 heterocycles. The van der Waals surface area contributed by atoms with Crippen LogP contribution in [0.25, 0.3) is 0 Å². The van der Waals surface area contributed by atoms with Crippen molar-refractivity contribution in [3.63, 3.8) is 0 Å². The third-order valence-electron chi connectivity index (χ3n) is 0.666. The Labute approximate surface area is 55.0 Å². The van der Waals surface area contributed by atoms with Gasteiger partial charge in [-0.25, -0.2) is 0 Å². The van der Waals surface area contributed by atoms with Gasteiger partial charge in [0.15, 0.2) is 0 Å². The summed E-state index contributed by atoms with van der Waals surface area (Å²) in [6, 6.07) is 0.156. The van der Waals surface area contributed by atoms with Gasteiger partial charge in [-0.15, -0.1) is 0 Å². The van der Waals surface area contributed by atoms with Crippen LogP contribution in [0.3, 0.4) is 0 Å². The van der Waals surface area contributed by atoms with Crippen molar-refractivity contribution in [1.82, 2.24) is 0 Å². The SMILES string of the molecule is CC(CS)N=CB=O. The molecular weight excluding hydrogens is 121 g/mol. The van der Waals surface area contributed by atoms with Crippen LogP contribution in [0, 0.1) is 0 Å². The molecule has 1 atom stereocenters. The van der Waals surface area contributed by atoms with Crippen LogP contribution in [0.1, 0.15) is 6.92 Å². The van der Waals surface area contributed by atoms with Crippen molar-refractivity contribution in [3.8, 4) is 0 Å². The molecule has 0 aromatic heterocycles. The number of aliphatic imine (C=N–C) groups is 1. The molecular formula is C4H8BNOS. The molecule has 0 aliphatic rings. The molecule has 1 unspecified atom stereocenters. The van der Waals surface area contributed by atoms with Crippen LogP contribution in [0.2, 0.25) is 0 Å². The average Bonchev–Trinajstić information content (AvgIpc) is 1.83. The van der Waals surface area contributed by atoms with Crippen molar-refractivity contribution in [2.45, 2.75) is 13.0 Å². The molecule has 0 aromatic carbocycles. The Bertz CT molecular complexity index is 96.0. The molecule has 0 aliphatic heterocycles. The Morgan fingerprint density at radius 2 is 2.62 bits per heavy atom. The normalized spacial score (nSPS) is 13.8. The molecule has 0 spiro atoms. The molecule has 0 aromatic rings. The van der Waals surface area contributed by atoms with Crippen molar-refractivity contribution in [2.24, 2.45) is 4.99 Å². The van der Waals surface area contributed by atoms with E-state index < -0.39 is 0 Å². The molecule has 0 radical (unpaired) electrons. The Kier molecular flexibility index (Phi) is 4.96. The Balaban J connectivity index is 3.35. The van der Waals surface area contributed by atoms with Crippen molar-refractivity contribution in [3.05, 3.63) is 0 Å². The first kappa shape index (κ1) is 7.88. The number of hydrogen-bond donors (Lipinski definition) is 1. The van der Waals surface area contributed by atoms with Gasteiger partial charge in [0.25, 0.3) is 0 Å². The molecule has 0 fully saturated rings. The van der Waals surface area contributed by atoms with Gasteiger partial charge < -0.3 is 0 Å². The first-order valence-electron chi connectivity index (χ1n) is 2.39. The molecule has 0 saturated carbocycles. The molecule has 44 valence electrons. The summed E-state index contributed by atoms with van der Waals surface area (Å²) in [5, 5.41) is 0. The summed E-state index contributed by atoms with van der Waals surface area (Å²) >= 11 is 3.96. The summed E-state index contributed by atoms with van der Waals surface area (Å²) < 4.78 is 9.65. The molecule has 0 rings (SSSR count). The van der Waals surface area contributed by atoms with Gasteiger partial charge in [0.1, 0.15) is 0 Å². The molecule has 0 amide bonds. The van der Waals surface area contributed by atoms with E-state index in [0.717, 1.165) is 0 Å². The van der Waals surface area contributed by atoms with E-state index >= 15 is 0 Å². The fourth-order valence-electron chi connectivity index (χ4n) is 0.229. The van der Waals surface area contributed by atoms with Gasteiger partial charge in [0.2, 0.25) is 0 Å². The zero-order valence-electron chi connectivity index (χ0n) is 4.74. The van der Waals surface area contributed by atoms with E-state index in [4.69, 9.17) is 0 Å². The molecule has 4 heteroatoms. The maximum absolute atomic E-state index is 9.65. The maximum atomic E-state index is 9.65. The van der Waals surface area contributed by atoms with Crippen LogP contribution < -0.4 is 0 Å². The van der Waals surface area contributed by atoms with Gasteiger partial charge in [-0.3, -0.25) is 0 Å². The summed E-state index contributed by atoms with van der Waals surface area (Å²) in [5.74, 6) is 0.685. The van der Waals surface area contributed by atoms with Crippen LogP contribution in [0.4, 0.5) is 0 Å². The fourth-order valence-corrected chi connectivity index (χ4v) is 0.323. The van der Waals surface area contributed by atoms with E-state index in [1.165, 1.54) is 6.11 Å². The quantitative estimate of drug-likeness (QED) is 0.333. The van der Waals surface area contributed by atoms with Gasteiger partial charge >= 0.3 is 54.3 Å². The van der Waals surface area contributed by atoms with E-state index in [1.54, 1.807) is 0 Å². The predicted molar refractivity (Wildman–Crippen MR) is 38.2 cm³/mol. The summed E-state index contributed by atoms with van der Waals surface area (Å²) in [6.45, 7) is 1.90. The van der Waals surface area contributed by atoms with E-state index in [9.17, 15) is 4.70 Å². The molecule has 0 saturated heterocycles. The first-order chi connectivity index (χ1) is 3.81. The molecule has 8 heavy (non-hydrogen) atoms. The van der Waals surface area contributed by atoms with E-state index in [-0.39, 0.29) is 6.04 Å². The van der Waals surface area contributed by atoms with E-state index in [0.29, 0.717) is 12.9 Å². The predicted octanol–water partition coefficient (Wildman–Crippen LogP) is 0.383. The summed E-state index contributed by atoms with van der Waals surface area (Å²) in [6.07, 6.45) is 1.25. The van der Waals surface area contributed by atoms with Crippen molar-refractivity contribution in [1.29, 1.82) is 0 Å². The summed E-state index contributed by atoms with van der Waals surface area (Å²) in [5.41, 5.74) is 0. The van der Waals surface area contributed by atoms with Crippen molar-refractivity contribution in [2.75, 3.05) is 5.75 Å². The number of rotatable bonds is 3. The van der Waals surface area contributed by atoms with Crippen LogP contribution in [0.5, 0.6) is 0 Å². The second kappa shape index (κ2) is 5.03. The Morgan fingerprint density at radius 3 is 3.00 bits per heavy atom.